The summed E-state index contributed by atoms with van der Waals surface area (Å²) >= 11 is 0. The zero-order valence-electron chi connectivity index (χ0n) is 20.1. The molecule has 0 fully saturated rings. The molecule has 15 nitrogen and oxygen atoms in total. The smallest absolute Gasteiger partial charge is 0.326 e. The van der Waals surface area contributed by atoms with Crippen LogP contribution in [0.15, 0.2) is 0 Å². The Morgan fingerprint density at radius 1 is 0.611 bits per heavy atom. The van der Waals surface area contributed by atoms with Gasteiger partial charge in [-0.15, -0.1) is 0 Å². The molecule has 0 aromatic heterocycles. The van der Waals surface area contributed by atoms with Gasteiger partial charge < -0.3 is 48.5 Å². The highest BCUT2D eigenvalue weighted by atomic mass is 16.4. The lowest BCUT2D eigenvalue weighted by molar-refractivity contribution is -0.144. The van der Waals surface area contributed by atoms with Crippen molar-refractivity contribution < 1.29 is 44.1 Å². The molecule has 0 aliphatic rings. The summed E-state index contributed by atoms with van der Waals surface area (Å²) in [5.74, 6) is -6.61. The van der Waals surface area contributed by atoms with E-state index >= 15 is 0 Å². The van der Waals surface area contributed by atoms with Crippen LogP contribution in [0.4, 0.5) is 0 Å². The zero-order chi connectivity index (χ0) is 27.7. The number of hydrogen-bond donors (Lipinski definition) is 9. The van der Waals surface area contributed by atoms with Crippen LogP contribution < -0.4 is 33.2 Å². The molecule has 15 heteroatoms. The van der Waals surface area contributed by atoms with Crippen LogP contribution in [0.5, 0.6) is 0 Å². The molecule has 3 amide bonds. The number of carboxylic acid groups (broad SMARTS) is 3. The Hall–Kier alpha value is -3.30. The van der Waals surface area contributed by atoms with Crippen LogP contribution in [0.2, 0.25) is 0 Å². The molecule has 0 bridgehead atoms. The maximum absolute atomic E-state index is 12.9. The molecule has 0 aromatic carbocycles. The van der Waals surface area contributed by atoms with Gasteiger partial charge in [-0.1, -0.05) is 0 Å². The van der Waals surface area contributed by atoms with Crippen LogP contribution in [0.3, 0.4) is 0 Å². The summed E-state index contributed by atoms with van der Waals surface area (Å²) in [6.07, 6.45) is 0.586. The van der Waals surface area contributed by atoms with Crippen LogP contribution in [0.25, 0.3) is 0 Å². The average molecular weight is 519 g/mol. The number of carbonyl (C=O) groups excluding carboxylic acids is 3. The van der Waals surface area contributed by atoms with Crippen LogP contribution in [-0.4, -0.2) is 88.2 Å². The number of rotatable bonds is 20. The monoisotopic (exact) mass is 518 g/mol. The predicted molar refractivity (Wildman–Crippen MR) is 126 cm³/mol. The Labute approximate surface area is 208 Å². The molecule has 206 valence electrons. The van der Waals surface area contributed by atoms with Crippen molar-refractivity contribution in [1.29, 1.82) is 0 Å². The standard InChI is InChI=1S/C21H38N6O9/c22-9-3-1-5-13(25-18(32)12(24)7-8-16(28)29)19(33)27-15(11-17(30)31)20(34)26-14(21(35)36)6-2-4-10-23/h12-15H,1-11,22-24H2,(H,25,32)(H,26,34)(H,27,33)(H,28,29)(H,30,31)(H,35,36). The fourth-order valence-electron chi connectivity index (χ4n) is 3.13. The minimum absolute atomic E-state index is 0.0536. The topological polar surface area (TPSA) is 277 Å². The molecular formula is C21H38N6O9. The van der Waals surface area contributed by atoms with Crippen molar-refractivity contribution in [3.8, 4) is 0 Å². The van der Waals surface area contributed by atoms with E-state index in [1.165, 1.54) is 0 Å². The molecule has 0 saturated heterocycles. The first-order valence-electron chi connectivity index (χ1n) is 11.7. The number of amides is 3. The van der Waals surface area contributed by atoms with Gasteiger partial charge in [0.2, 0.25) is 17.7 Å². The third kappa shape index (κ3) is 14.2. The van der Waals surface area contributed by atoms with Crippen molar-refractivity contribution in [3.05, 3.63) is 0 Å². The molecule has 4 atom stereocenters. The molecule has 0 radical (unpaired) electrons. The van der Waals surface area contributed by atoms with Crippen molar-refractivity contribution in [1.82, 2.24) is 16.0 Å². The van der Waals surface area contributed by atoms with Crippen molar-refractivity contribution in [2.24, 2.45) is 17.2 Å². The second kappa shape index (κ2) is 18.0. The van der Waals surface area contributed by atoms with E-state index in [0.29, 0.717) is 38.8 Å². The molecule has 0 aromatic rings. The summed E-state index contributed by atoms with van der Waals surface area (Å²) in [7, 11) is 0. The second-order valence-electron chi connectivity index (χ2n) is 8.23. The summed E-state index contributed by atoms with van der Waals surface area (Å²) in [6.45, 7) is 0.639. The number of nitrogens with one attached hydrogen (secondary N) is 3. The lowest BCUT2D eigenvalue weighted by Crippen LogP contribution is -2.57. The normalized spacial score (nSPS) is 14.1. The van der Waals surface area contributed by atoms with Gasteiger partial charge >= 0.3 is 17.9 Å². The van der Waals surface area contributed by atoms with E-state index in [2.05, 4.69) is 16.0 Å². The van der Waals surface area contributed by atoms with Crippen LogP contribution in [0.1, 0.15) is 57.8 Å². The summed E-state index contributed by atoms with van der Waals surface area (Å²) in [5, 5.41) is 34.2. The number of carboxylic acids is 3. The molecule has 12 N–H and O–H groups in total. The molecule has 0 heterocycles. The van der Waals surface area contributed by atoms with Gasteiger partial charge in [0.05, 0.1) is 12.5 Å². The summed E-state index contributed by atoms with van der Waals surface area (Å²) < 4.78 is 0. The number of hydrogen-bond acceptors (Lipinski definition) is 9. The highest BCUT2D eigenvalue weighted by Gasteiger charge is 2.31. The Bertz CT molecular complexity index is 764. The maximum atomic E-state index is 12.9. The van der Waals surface area contributed by atoms with Crippen LogP contribution >= 0.6 is 0 Å². The van der Waals surface area contributed by atoms with Crippen molar-refractivity contribution in [2.45, 2.75) is 82.0 Å². The Morgan fingerprint density at radius 2 is 1.08 bits per heavy atom. The first kappa shape index (κ1) is 32.7. The molecule has 0 rings (SSSR count). The second-order valence-corrected chi connectivity index (χ2v) is 8.23. The highest BCUT2D eigenvalue weighted by Crippen LogP contribution is 2.06. The number of unbranched alkanes of at least 4 members (excludes halogenated alkanes) is 2. The lowest BCUT2D eigenvalue weighted by atomic mass is 10.0. The van der Waals surface area contributed by atoms with E-state index in [1.807, 2.05) is 0 Å². The molecule has 4 unspecified atom stereocenters. The molecule has 0 saturated carbocycles. The average Bonchev–Trinajstić information content (AvgIpc) is 2.80. The van der Waals surface area contributed by atoms with Crippen molar-refractivity contribution >= 4 is 35.6 Å². The van der Waals surface area contributed by atoms with Gasteiger partial charge in [0.25, 0.3) is 0 Å². The molecule has 0 spiro atoms. The van der Waals surface area contributed by atoms with Gasteiger partial charge in [-0.25, -0.2) is 4.79 Å². The minimum atomic E-state index is -1.62. The van der Waals surface area contributed by atoms with Gasteiger partial charge in [0, 0.05) is 6.42 Å². The van der Waals surface area contributed by atoms with Crippen LogP contribution in [-0.2, 0) is 28.8 Å². The largest absolute Gasteiger partial charge is 0.481 e. The first-order chi connectivity index (χ1) is 16.9. The number of nitrogens with two attached hydrogens (primary N) is 3. The van der Waals surface area contributed by atoms with E-state index in [1.54, 1.807) is 0 Å². The molecule has 36 heavy (non-hydrogen) atoms. The third-order valence-electron chi connectivity index (χ3n) is 5.16. The van der Waals surface area contributed by atoms with Gasteiger partial charge in [0.15, 0.2) is 0 Å². The van der Waals surface area contributed by atoms with Crippen molar-refractivity contribution in [3.63, 3.8) is 0 Å². The quantitative estimate of drug-likeness (QED) is 0.0753. The predicted octanol–water partition coefficient (Wildman–Crippen LogP) is -2.55. The fraction of sp³-hybridized carbons (Fsp3) is 0.714. The van der Waals surface area contributed by atoms with Gasteiger partial charge in [-0.3, -0.25) is 24.0 Å². The van der Waals surface area contributed by atoms with Crippen molar-refractivity contribution in [2.75, 3.05) is 13.1 Å². The Morgan fingerprint density at radius 3 is 1.56 bits per heavy atom. The Balaban J connectivity index is 5.47. The molecule has 0 aliphatic carbocycles. The van der Waals surface area contributed by atoms with Gasteiger partial charge in [-0.2, -0.15) is 0 Å². The number of carbonyl (C=O) groups is 6. The molecular weight excluding hydrogens is 480 g/mol. The van der Waals surface area contributed by atoms with E-state index in [-0.39, 0.29) is 25.7 Å². The summed E-state index contributed by atoms with van der Waals surface area (Å²) in [5.41, 5.74) is 16.5. The minimum Gasteiger partial charge on any atom is -0.481 e. The first-order valence-corrected chi connectivity index (χ1v) is 11.7. The molecule has 0 aliphatic heterocycles. The fourth-order valence-corrected chi connectivity index (χ4v) is 3.13. The summed E-state index contributed by atoms with van der Waals surface area (Å²) in [6, 6.07) is -5.37. The van der Waals surface area contributed by atoms with E-state index in [0.717, 1.165) is 0 Å². The Kier molecular flexibility index (Phi) is 16.4. The SMILES string of the molecule is NCCCCC(NC(=O)C(CC(=O)O)NC(=O)C(CCCCN)NC(=O)C(N)CCC(=O)O)C(=O)O. The van der Waals surface area contributed by atoms with E-state index in [9.17, 15) is 39.0 Å². The highest BCUT2D eigenvalue weighted by molar-refractivity contribution is 5.95. The third-order valence-corrected chi connectivity index (χ3v) is 5.16. The van der Waals surface area contributed by atoms with Crippen LogP contribution in [0, 0.1) is 0 Å². The van der Waals surface area contributed by atoms with E-state index in [4.69, 9.17) is 22.3 Å². The van der Waals surface area contributed by atoms with E-state index < -0.39 is 66.2 Å². The zero-order valence-corrected chi connectivity index (χ0v) is 20.1. The lowest BCUT2D eigenvalue weighted by Gasteiger charge is -2.24. The van der Waals surface area contributed by atoms with Gasteiger partial charge in [-0.05, 0) is 58.0 Å². The summed E-state index contributed by atoms with van der Waals surface area (Å²) in [4.78, 5) is 71.4. The maximum Gasteiger partial charge on any atom is 0.326 e. The van der Waals surface area contributed by atoms with Gasteiger partial charge in [0.1, 0.15) is 18.1 Å². The number of aliphatic carboxylic acids is 3.